The highest BCUT2D eigenvalue weighted by Gasteiger charge is 2.32. The molecule has 1 N–H and O–H groups in total. The third-order valence-electron chi connectivity index (χ3n) is 2.89. The van der Waals surface area contributed by atoms with Gasteiger partial charge in [0.25, 0.3) is 5.91 Å². The summed E-state index contributed by atoms with van der Waals surface area (Å²) in [6.45, 7) is 0. The SMILES string of the molecule is CS(=O)(=O)c1cccc(C(=O)Nc2ccccc2OC(F)(F)F)c1. The van der Waals surface area contributed by atoms with E-state index < -0.39 is 27.9 Å². The average molecular weight is 359 g/mol. The van der Waals surface area contributed by atoms with Crippen LogP contribution in [0.4, 0.5) is 18.9 Å². The van der Waals surface area contributed by atoms with Crippen LogP contribution in [0.5, 0.6) is 5.75 Å². The zero-order valence-electron chi connectivity index (χ0n) is 12.3. The number of benzene rings is 2. The number of para-hydroxylation sites is 2. The molecule has 128 valence electrons. The Morgan fingerprint density at radius 2 is 1.75 bits per heavy atom. The Kier molecular flexibility index (Phi) is 4.83. The van der Waals surface area contributed by atoms with Crippen molar-refractivity contribution in [3.8, 4) is 5.75 Å². The molecule has 0 saturated heterocycles. The third kappa shape index (κ3) is 4.72. The van der Waals surface area contributed by atoms with Crippen molar-refractivity contribution in [3.05, 3.63) is 54.1 Å². The summed E-state index contributed by atoms with van der Waals surface area (Å²) in [5.41, 5.74) is -0.204. The molecule has 0 aliphatic rings. The lowest BCUT2D eigenvalue weighted by molar-refractivity contribution is -0.274. The van der Waals surface area contributed by atoms with Crippen molar-refractivity contribution in [2.45, 2.75) is 11.3 Å². The number of amides is 1. The summed E-state index contributed by atoms with van der Waals surface area (Å²) >= 11 is 0. The summed E-state index contributed by atoms with van der Waals surface area (Å²) < 4.78 is 63.9. The molecule has 2 aromatic carbocycles. The molecule has 0 fully saturated rings. The van der Waals surface area contributed by atoms with E-state index in [1.165, 1.54) is 36.4 Å². The zero-order valence-corrected chi connectivity index (χ0v) is 13.1. The van der Waals surface area contributed by atoms with E-state index in [-0.39, 0.29) is 16.1 Å². The molecule has 1 amide bonds. The van der Waals surface area contributed by atoms with Gasteiger partial charge in [0.1, 0.15) is 0 Å². The fourth-order valence-corrected chi connectivity index (χ4v) is 2.51. The standard InChI is InChI=1S/C15H12F3NO4S/c1-24(21,22)11-6-4-5-10(9-11)14(20)19-12-7-2-3-8-13(12)23-15(16,17)18/h2-9H,1H3,(H,19,20). The van der Waals surface area contributed by atoms with Gasteiger partial charge in [-0.1, -0.05) is 18.2 Å². The predicted molar refractivity (Wildman–Crippen MR) is 80.6 cm³/mol. The van der Waals surface area contributed by atoms with Crippen LogP contribution in [0.25, 0.3) is 0 Å². The smallest absolute Gasteiger partial charge is 0.404 e. The molecule has 0 radical (unpaired) electrons. The fourth-order valence-electron chi connectivity index (χ4n) is 1.85. The molecule has 0 saturated carbocycles. The summed E-state index contributed by atoms with van der Waals surface area (Å²) in [7, 11) is -3.52. The van der Waals surface area contributed by atoms with Gasteiger partial charge in [0.2, 0.25) is 0 Å². The number of alkyl halides is 3. The fraction of sp³-hybridized carbons (Fsp3) is 0.133. The molecule has 0 heterocycles. The van der Waals surface area contributed by atoms with Crippen molar-refractivity contribution in [1.29, 1.82) is 0 Å². The molecule has 0 aromatic heterocycles. The van der Waals surface area contributed by atoms with E-state index in [0.717, 1.165) is 18.4 Å². The Bertz CT molecular complexity index is 863. The number of rotatable bonds is 4. The first-order valence-electron chi connectivity index (χ1n) is 6.52. The highest BCUT2D eigenvalue weighted by molar-refractivity contribution is 7.90. The number of carbonyl (C=O) groups excluding carboxylic acids is 1. The predicted octanol–water partition coefficient (Wildman–Crippen LogP) is 3.24. The number of ether oxygens (including phenoxy) is 1. The van der Waals surface area contributed by atoms with Crippen LogP contribution in [-0.2, 0) is 9.84 Å². The van der Waals surface area contributed by atoms with Gasteiger partial charge in [-0.2, -0.15) is 0 Å². The molecule has 0 aliphatic heterocycles. The van der Waals surface area contributed by atoms with Crippen LogP contribution in [0, 0.1) is 0 Å². The molecule has 0 bridgehead atoms. The van der Waals surface area contributed by atoms with Crippen LogP contribution in [0.2, 0.25) is 0 Å². The second-order valence-corrected chi connectivity index (χ2v) is 6.81. The highest BCUT2D eigenvalue weighted by atomic mass is 32.2. The van der Waals surface area contributed by atoms with Crippen molar-refractivity contribution in [3.63, 3.8) is 0 Å². The number of sulfone groups is 1. The lowest BCUT2D eigenvalue weighted by Gasteiger charge is -2.14. The minimum absolute atomic E-state index is 0.0141. The van der Waals surface area contributed by atoms with E-state index in [0.29, 0.717) is 0 Å². The Balaban J connectivity index is 2.28. The number of halogens is 3. The monoisotopic (exact) mass is 359 g/mol. The molecular formula is C15H12F3NO4S. The zero-order chi connectivity index (χ0) is 18.0. The number of carbonyl (C=O) groups is 1. The minimum atomic E-state index is -4.91. The lowest BCUT2D eigenvalue weighted by Crippen LogP contribution is -2.19. The molecule has 24 heavy (non-hydrogen) atoms. The van der Waals surface area contributed by atoms with Gasteiger partial charge in [-0.3, -0.25) is 4.79 Å². The number of nitrogens with one attached hydrogen (secondary N) is 1. The van der Waals surface area contributed by atoms with Crippen molar-refractivity contribution in [2.24, 2.45) is 0 Å². The topological polar surface area (TPSA) is 72.5 Å². The van der Waals surface area contributed by atoms with Gasteiger partial charge < -0.3 is 10.1 Å². The second kappa shape index (κ2) is 6.52. The van der Waals surface area contributed by atoms with Crippen LogP contribution >= 0.6 is 0 Å². The van der Waals surface area contributed by atoms with E-state index in [1.54, 1.807) is 0 Å². The van der Waals surface area contributed by atoms with Gasteiger partial charge >= 0.3 is 6.36 Å². The summed E-state index contributed by atoms with van der Waals surface area (Å²) in [6.07, 6.45) is -3.92. The Morgan fingerprint density at radius 1 is 1.08 bits per heavy atom. The van der Waals surface area contributed by atoms with Crippen molar-refractivity contribution < 1.29 is 31.1 Å². The van der Waals surface area contributed by atoms with E-state index in [2.05, 4.69) is 10.1 Å². The maximum absolute atomic E-state index is 12.4. The normalized spacial score (nSPS) is 11.8. The van der Waals surface area contributed by atoms with Crippen LogP contribution in [-0.4, -0.2) is 26.9 Å². The maximum Gasteiger partial charge on any atom is 0.573 e. The molecule has 5 nitrogen and oxygen atoms in total. The van der Waals surface area contributed by atoms with E-state index in [4.69, 9.17) is 0 Å². The molecular weight excluding hydrogens is 347 g/mol. The van der Waals surface area contributed by atoms with Crippen LogP contribution < -0.4 is 10.1 Å². The number of hydrogen-bond donors (Lipinski definition) is 1. The van der Waals surface area contributed by atoms with Gasteiger partial charge in [0.05, 0.1) is 10.6 Å². The molecule has 0 atom stereocenters. The van der Waals surface area contributed by atoms with Crippen LogP contribution in [0.15, 0.2) is 53.4 Å². The van der Waals surface area contributed by atoms with Crippen LogP contribution in [0.1, 0.15) is 10.4 Å². The number of hydrogen-bond acceptors (Lipinski definition) is 4. The molecule has 2 aromatic rings. The second-order valence-electron chi connectivity index (χ2n) is 4.80. The van der Waals surface area contributed by atoms with Gasteiger partial charge in [-0.25, -0.2) is 8.42 Å². The quantitative estimate of drug-likeness (QED) is 0.910. The first-order chi connectivity index (χ1) is 11.1. The van der Waals surface area contributed by atoms with Gasteiger partial charge in [-0.05, 0) is 30.3 Å². The van der Waals surface area contributed by atoms with E-state index in [1.807, 2.05) is 0 Å². The first-order valence-corrected chi connectivity index (χ1v) is 8.42. The molecule has 0 aliphatic carbocycles. The first kappa shape index (κ1) is 17.8. The van der Waals surface area contributed by atoms with Crippen molar-refractivity contribution in [2.75, 3.05) is 11.6 Å². The molecule has 0 spiro atoms. The number of anilines is 1. The Labute approximate surface area is 136 Å². The maximum atomic E-state index is 12.4. The van der Waals surface area contributed by atoms with Crippen molar-refractivity contribution in [1.82, 2.24) is 0 Å². The Hall–Kier alpha value is -2.55. The lowest BCUT2D eigenvalue weighted by atomic mass is 10.2. The summed E-state index contributed by atoms with van der Waals surface area (Å²) in [4.78, 5) is 12.1. The summed E-state index contributed by atoms with van der Waals surface area (Å²) in [6, 6.07) is 10.2. The van der Waals surface area contributed by atoms with Gasteiger partial charge in [-0.15, -0.1) is 13.2 Å². The Morgan fingerprint density at radius 3 is 2.38 bits per heavy atom. The minimum Gasteiger partial charge on any atom is -0.404 e. The third-order valence-corrected chi connectivity index (χ3v) is 4.00. The van der Waals surface area contributed by atoms with Crippen molar-refractivity contribution >= 4 is 21.4 Å². The summed E-state index contributed by atoms with van der Waals surface area (Å²) in [5, 5.41) is 2.27. The largest absolute Gasteiger partial charge is 0.573 e. The molecule has 2 rings (SSSR count). The van der Waals surface area contributed by atoms with Crippen LogP contribution in [0.3, 0.4) is 0 Å². The average Bonchev–Trinajstić information content (AvgIpc) is 2.47. The van der Waals surface area contributed by atoms with Gasteiger partial charge in [0, 0.05) is 11.8 Å². The highest BCUT2D eigenvalue weighted by Crippen LogP contribution is 2.30. The van der Waals surface area contributed by atoms with E-state index >= 15 is 0 Å². The molecule has 9 heteroatoms. The van der Waals surface area contributed by atoms with E-state index in [9.17, 15) is 26.4 Å². The summed E-state index contributed by atoms with van der Waals surface area (Å²) in [5.74, 6) is -1.34. The molecule has 0 unspecified atom stereocenters. The van der Waals surface area contributed by atoms with Gasteiger partial charge in [0.15, 0.2) is 15.6 Å².